The van der Waals surface area contributed by atoms with Gasteiger partial charge in [0.2, 0.25) is 0 Å². The van der Waals surface area contributed by atoms with Crippen molar-refractivity contribution in [2.45, 2.75) is 6.92 Å². The van der Waals surface area contributed by atoms with E-state index in [9.17, 15) is 0 Å². The van der Waals surface area contributed by atoms with E-state index in [0.717, 1.165) is 20.2 Å². The van der Waals surface area contributed by atoms with Gasteiger partial charge in [0.25, 0.3) is 0 Å². The molecule has 0 saturated carbocycles. The Balaban J connectivity index is 2.94. The van der Waals surface area contributed by atoms with Crippen molar-refractivity contribution in [3.63, 3.8) is 0 Å². The SMILES string of the molecule is Cc1ccnc2c(Cl)c(I)cnc12. The molecule has 0 unspecified atom stereocenters. The summed E-state index contributed by atoms with van der Waals surface area (Å²) in [7, 11) is 0. The molecule has 0 saturated heterocycles. The van der Waals surface area contributed by atoms with Crippen molar-refractivity contribution in [1.29, 1.82) is 0 Å². The van der Waals surface area contributed by atoms with Gasteiger partial charge >= 0.3 is 0 Å². The van der Waals surface area contributed by atoms with Gasteiger partial charge in [-0.05, 0) is 41.1 Å². The molecule has 2 aromatic heterocycles. The highest BCUT2D eigenvalue weighted by Crippen LogP contribution is 2.26. The number of aryl methyl sites for hydroxylation is 1. The average Bonchev–Trinajstić information content (AvgIpc) is 2.12. The lowest BCUT2D eigenvalue weighted by molar-refractivity contribution is 1.28. The molecule has 66 valence electrons. The van der Waals surface area contributed by atoms with Gasteiger partial charge in [0.05, 0.1) is 14.1 Å². The van der Waals surface area contributed by atoms with Crippen LogP contribution in [0.15, 0.2) is 18.5 Å². The van der Waals surface area contributed by atoms with E-state index in [1.807, 2.05) is 13.0 Å². The van der Waals surface area contributed by atoms with Crippen LogP contribution in [0, 0.1) is 10.5 Å². The zero-order valence-corrected chi connectivity index (χ0v) is 9.80. The molecule has 0 aliphatic heterocycles. The Morgan fingerprint density at radius 1 is 1.31 bits per heavy atom. The van der Waals surface area contributed by atoms with Crippen molar-refractivity contribution in [3.8, 4) is 0 Å². The molecule has 2 aromatic rings. The summed E-state index contributed by atoms with van der Waals surface area (Å²) in [6.07, 6.45) is 3.52. The van der Waals surface area contributed by atoms with Gasteiger partial charge in [0, 0.05) is 12.4 Å². The Morgan fingerprint density at radius 2 is 2.08 bits per heavy atom. The van der Waals surface area contributed by atoms with Crippen molar-refractivity contribution in [2.24, 2.45) is 0 Å². The molecule has 2 nitrogen and oxygen atoms in total. The van der Waals surface area contributed by atoms with Crippen molar-refractivity contribution in [1.82, 2.24) is 9.97 Å². The molecule has 2 heterocycles. The number of halogens is 2. The van der Waals surface area contributed by atoms with Gasteiger partial charge in [-0.3, -0.25) is 9.97 Å². The number of nitrogens with zero attached hydrogens (tertiary/aromatic N) is 2. The first-order chi connectivity index (χ1) is 6.20. The zero-order valence-electron chi connectivity index (χ0n) is 6.88. The Labute approximate surface area is 94.5 Å². The van der Waals surface area contributed by atoms with E-state index >= 15 is 0 Å². The molecule has 0 N–H and O–H groups in total. The second-order valence-corrected chi connectivity index (χ2v) is 4.29. The Morgan fingerprint density at radius 3 is 2.85 bits per heavy atom. The summed E-state index contributed by atoms with van der Waals surface area (Å²) in [5, 5.41) is 0.689. The lowest BCUT2D eigenvalue weighted by Gasteiger charge is -2.02. The first-order valence-corrected chi connectivity index (χ1v) is 5.21. The van der Waals surface area contributed by atoms with Crippen molar-refractivity contribution < 1.29 is 0 Å². The van der Waals surface area contributed by atoms with E-state index in [-0.39, 0.29) is 0 Å². The number of fused-ring (bicyclic) bond motifs is 1. The maximum atomic E-state index is 6.09. The van der Waals surface area contributed by atoms with Gasteiger partial charge in [-0.2, -0.15) is 0 Å². The fourth-order valence-electron chi connectivity index (χ4n) is 1.17. The van der Waals surface area contributed by atoms with Crippen LogP contribution in [0.2, 0.25) is 5.02 Å². The van der Waals surface area contributed by atoms with E-state index in [4.69, 9.17) is 11.6 Å². The van der Waals surface area contributed by atoms with Gasteiger partial charge in [-0.25, -0.2) is 0 Å². The van der Waals surface area contributed by atoms with Crippen LogP contribution in [0.1, 0.15) is 5.56 Å². The maximum absolute atomic E-state index is 6.09. The highest BCUT2D eigenvalue weighted by Gasteiger charge is 2.06. The Kier molecular flexibility index (Phi) is 2.38. The topological polar surface area (TPSA) is 25.8 Å². The third kappa shape index (κ3) is 1.50. The fraction of sp³-hybridized carbons (Fsp3) is 0.111. The van der Waals surface area contributed by atoms with Crippen molar-refractivity contribution in [2.75, 3.05) is 0 Å². The van der Waals surface area contributed by atoms with Crippen LogP contribution in [0.5, 0.6) is 0 Å². The monoisotopic (exact) mass is 304 g/mol. The van der Waals surface area contributed by atoms with Crippen molar-refractivity contribution >= 4 is 45.2 Å². The standard InChI is InChI=1S/C9H6ClIN2/c1-5-2-3-12-9-7(10)6(11)4-13-8(5)9/h2-4H,1H3. The molecule has 2 rings (SSSR count). The molecule has 0 aliphatic rings. The van der Waals surface area contributed by atoms with E-state index in [2.05, 4.69) is 32.6 Å². The Bertz CT molecular complexity index is 470. The van der Waals surface area contributed by atoms with Gasteiger partial charge in [0.15, 0.2) is 0 Å². The summed E-state index contributed by atoms with van der Waals surface area (Å²) in [4.78, 5) is 8.49. The number of hydrogen-bond donors (Lipinski definition) is 0. The largest absolute Gasteiger partial charge is 0.253 e. The summed E-state index contributed by atoms with van der Waals surface area (Å²) >= 11 is 8.24. The van der Waals surface area contributed by atoms with E-state index in [1.165, 1.54) is 0 Å². The summed E-state index contributed by atoms with van der Waals surface area (Å²) in [6.45, 7) is 2.00. The number of pyridine rings is 2. The molecular formula is C9H6ClIN2. The molecule has 0 amide bonds. The van der Waals surface area contributed by atoms with Crippen LogP contribution in [0.25, 0.3) is 11.0 Å². The number of aromatic nitrogens is 2. The molecule has 4 heteroatoms. The summed E-state index contributed by atoms with van der Waals surface area (Å²) in [6, 6.07) is 1.93. The second kappa shape index (κ2) is 3.38. The molecule has 0 radical (unpaired) electrons. The minimum Gasteiger partial charge on any atom is -0.253 e. The first-order valence-electron chi connectivity index (χ1n) is 3.75. The van der Waals surface area contributed by atoms with Crippen LogP contribution < -0.4 is 0 Å². The zero-order chi connectivity index (χ0) is 9.42. The normalized spacial score (nSPS) is 10.7. The summed E-state index contributed by atoms with van der Waals surface area (Å²) in [5.41, 5.74) is 2.77. The molecule has 0 aromatic carbocycles. The van der Waals surface area contributed by atoms with E-state index < -0.39 is 0 Å². The van der Waals surface area contributed by atoms with Crippen LogP contribution >= 0.6 is 34.2 Å². The minimum absolute atomic E-state index is 0.689. The third-order valence-corrected chi connectivity index (χ3v) is 3.37. The quantitative estimate of drug-likeness (QED) is 0.699. The highest BCUT2D eigenvalue weighted by atomic mass is 127. The van der Waals surface area contributed by atoms with E-state index in [1.54, 1.807) is 12.4 Å². The van der Waals surface area contributed by atoms with Gasteiger partial charge in [0.1, 0.15) is 5.52 Å². The summed E-state index contributed by atoms with van der Waals surface area (Å²) < 4.78 is 0.935. The molecule has 0 atom stereocenters. The lowest BCUT2D eigenvalue weighted by Crippen LogP contribution is -1.89. The van der Waals surface area contributed by atoms with Gasteiger partial charge in [-0.15, -0.1) is 0 Å². The highest BCUT2D eigenvalue weighted by molar-refractivity contribution is 14.1. The van der Waals surface area contributed by atoms with Crippen LogP contribution in [0.4, 0.5) is 0 Å². The predicted octanol–water partition coefficient (Wildman–Crippen LogP) is 3.20. The maximum Gasteiger partial charge on any atom is 0.109 e. The summed E-state index contributed by atoms with van der Waals surface area (Å²) in [5.74, 6) is 0. The molecule has 0 fully saturated rings. The number of hydrogen-bond acceptors (Lipinski definition) is 2. The van der Waals surface area contributed by atoms with Crippen LogP contribution in [0.3, 0.4) is 0 Å². The molecule has 0 aliphatic carbocycles. The molecule has 0 spiro atoms. The average molecular weight is 305 g/mol. The van der Waals surface area contributed by atoms with Gasteiger partial charge in [-0.1, -0.05) is 11.6 Å². The molecule has 0 bridgehead atoms. The third-order valence-electron chi connectivity index (χ3n) is 1.85. The van der Waals surface area contributed by atoms with E-state index in [0.29, 0.717) is 5.02 Å². The van der Waals surface area contributed by atoms with Crippen LogP contribution in [-0.2, 0) is 0 Å². The predicted molar refractivity (Wildman–Crippen MR) is 62.0 cm³/mol. The first kappa shape index (κ1) is 9.15. The lowest BCUT2D eigenvalue weighted by atomic mass is 10.2. The van der Waals surface area contributed by atoms with Crippen molar-refractivity contribution in [3.05, 3.63) is 32.6 Å². The fourth-order valence-corrected chi connectivity index (χ4v) is 1.75. The molecule has 13 heavy (non-hydrogen) atoms. The van der Waals surface area contributed by atoms with Gasteiger partial charge < -0.3 is 0 Å². The molecular weight excluding hydrogens is 298 g/mol. The smallest absolute Gasteiger partial charge is 0.109 e. The minimum atomic E-state index is 0.689. The number of rotatable bonds is 0. The van der Waals surface area contributed by atoms with Crippen LogP contribution in [-0.4, -0.2) is 9.97 Å². The Hall–Kier alpha value is -0.420. The second-order valence-electron chi connectivity index (χ2n) is 2.75.